The number of anilines is 2. The number of methoxy groups -OCH3 is 2. The molecule has 0 bridgehead atoms. The fourth-order valence-corrected chi connectivity index (χ4v) is 5.24. The van der Waals surface area contributed by atoms with E-state index in [0.717, 1.165) is 5.56 Å². The molecule has 46 heavy (non-hydrogen) atoms. The minimum atomic E-state index is -0.961. The molecule has 0 saturated carbocycles. The Labute approximate surface area is 268 Å². The van der Waals surface area contributed by atoms with Crippen molar-refractivity contribution >= 4 is 41.1 Å². The molecule has 0 unspecified atom stereocenters. The van der Waals surface area contributed by atoms with Gasteiger partial charge in [-0.3, -0.25) is 14.9 Å². The Morgan fingerprint density at radius 3 is 2.59 bits per heavy atom. The summed E-state index contributed by atoms with van der Waals surface area (Å²) in [5, 5.41) is 18.0. The van der Waals surface area contributed by atoms with E-state index < -0.39 is 23.0 Å². The van der Waals surface area contributed by atoms with Crippen LogP contribution in [0.15, 0.2) is 61.1 Å². The summed E-state index contributed by atoms with van der Waals surface area (Å²) in [5.41, 5.74) is 1.19. The fraction of sp³-hybridized carbons (Fsp3) is 0.267. The molecule has 1 atom stereocenters. The molecule has 3 heterocycles. The van der Waals surface area contributed by atoms with Gasteiger partial charge >= 0.3 is 6.16 Å². The molecule has 0 aliphatic carbocycles. The number of hydrogen-bond donors (Lipinski definition) is 2. The number of nitro groups is 1. The van der Waals surface area contributed by atoms with E-state index >= 15 is 0 Å². The molecule has 0 radical (unpaired) electrons. The van der Waals surface area contributed by atoms with Gasteiger partial charge in [-0.2, -0.15) is 4.98 Å². The second kappa shape index (κ2) is 14.5. The highest BCUT2D eigenvalue weighted by Crippen LogP contribution is 2.41. The highest BCUT2D eigenvalue weighted by atomic mass is 35.5. The number of nitrogens with one attached hydrogen (secondary N) is 2. The van der Waals surface area contributed by atoms with E-state index in [1.807, 2.05) is 11.0 Å². The molecule has 2 aromatic heterocycles. The Morgan fingerprint density at radius 1 is 1.09 bits per heavy atom. The monoisotopic (exact) mass is 648 g/mol. The first-order chi connectivity index (χ1) is 22.3. The van der Waals surface area contributed by atoms with E-state index in [0.29, 0.717) is 41.5 Å². The lowest BCUT2D eigenvalue weighted by Crippen LogP contribution is -2.28. The van der Waals surface area contributed by atoms with Crippen LogP contribution >= 0.6 is 11.6 Å². The summed E-state index contributed by atoms with van der Waals surface area (Å²) in [5.74, 6) is 1.10. The van der Waals surface area contributed by atoms with Crippen LogP contribution in [-0.4, -0.2) is 57.7 Å². The summed E-state index contributed by atoms with van der Waals surface area (Å²) in [6, 6.07) is 10.5. The van der Waals surface area contributed by atoms with Gasteiger partial charge in [0.15, 0.2) is 0 Å². The number of rotatable bonds is 11. The van der Waals surface area contributed by atoms with Gasteiger partial charge in [0, 0.05) is 49.4 Å². The number of carbonyl (C=O) groups is 2. The zero-order chi connectivity index (χ0) is 32.6. The molecular weight excluding hydrogens is 620 g/mol. The van der Waals surface area contributed by atoms with E-state index in [9.17, 15) is 19.7 Å². The number of non-ortho nitro benzene ring substituents is 1. The standard InChI is InChI=1S/C30H29ClN8O7/c1-44-25-8-6-18(13-22(25)31)15-34-27-21(28(40)35-17-26-32-10-4-11-33-26)16-36-29(37-27)38-12-3-5-23(38)20-14-19(39(42)43)7-9-24(20)46-30(41)45-2/h4,6-11,13-14,16,23H,3,5,12,15,17H2,1-2H3,(H,35,40)(H,34,36,37)/t23-/m0/s1. The van der Waals surface area contributed by atoms with Gasteiger partial charge in [0.05, 0.1) is 36.8 Å². The lowest BCUT2D eigenvalue weighted by molar-refractivity contribution is -0.385. The first-order valence-electron chi connectivity index (χ1n) is 14.1. The normalized spacial score (nSPS) is 14.0. The van der Waals surface area contributed by atoms with Gasteiger partial charge in [0.1, 0.15) is 28.7 Å². The third-order valence-corrected chi connectivity index (χ3v) is 7.45. The second-order valence-electron chi connectivity index (χ2n) is 9.99. The number of amides is 1. The first kappa shape index (κ1) is 31.8. The number of hydrogen-bond acceptors (Lipinski definition) is 13. The molecular formula is C30H29ClN8O7. The summed E-state index contributed by atoms with van der Waals surface area (Å²) < 4.78 is 15.2. The van der Waals surface area contributed by atoms with Crippen LogP contribution < -0.4 is 25.0 Å². The number of nitrogens with zero attached hydrogens (tertiary/aromatic N) is 6. The summed E-state index contributed by atoms with van der Waals surface area (Å²) in [6.07, 6.45) is 4.86. The summed E-state index contributed by atoms with van der Waals surface area (Å²) in [4.78, 5) is 55.7. The van der Waals surface area contributed by atoms with Gasteiger partial charge in [-0.15, -0.1) is 0 Å². The predicted molar refractivity (Wildman–Crippen MR) is 166 cm³/mol. The van der Waals surface area contributed by atoms with Gasteiger partial charge < -0.3 is 29.7 Å². The summed E-state index contributed by atoms with van der Waals surface area (Å²) >= 11 is 6.32. The molecule has 4 aromatic rings. The lowest BCUT2D eigenvalue weighted by atomic mass is 10.0. The molecule has 16 heteroatoms. The van der Waals surface area contributed by atoms with Crippen LogP contribution in [0.4, 0.5) is 22.2 Å². The van der Waals surface area contributed by atoms with Crippen LogP contribution in [0, 0.1) is 10.1 Å². The molecule has 5 rings (SSSR count). The molecule has 2 aromatic carbocycles. The van der Waals surface area contributed by atoms with Crippen LogP contribution in [0.1, 0.15) is 46.2 Å². The largest absolute Gasteiger partial charge is 0.513 e. The van der Waals surface area contributed by atoms with Crippen LogP contribution in [0.25, 0.3) is 0 Å². The van der Waals surface area contributed by atoms with Crippen molar-refractivity contribution in [1.29, 1.82) is 0 Å². The number of nitro benzene ring substituents is 1. The van der Waals surface area contributed by atoms with Gasteiger partial charge in [0.25, 0.3) is 11.6 Å². The van der Waals surface area contributed by atoms with Crippen molar-refractivity contribution in [2.75, 3.05) is 31.0 Å². The molecule has 1 amide bonds. The maximum atomic E-state index is 13.3. The minimum absolute atomic E-state index is 0.0823. The Hall–Kier alpha value is -5.57. The van der Waals surface area contributed by atoms with Crippen LogP contribution in [-0.2, 0) is 17.8 Å². The molecule has 1 saturated heterocycles. The Kier molecular flexibility index (Phi) is 10.0. The van der Waals surface area contributed by atoms with Crippen LogP contribution in [0.2, 0.25) is 5.02 Å². The maximum Gasteiger partial charge on any atom is 0.513 e. The number of carbonyl (C=O) groups excluding carboxylic acids is 2. The molecule has 238 valence electrons. The van der Waals surface area contributed by atoms with E-state index in [4.69, 9.17) is 26.1 Å². The topological polar surface area (TPSA) is 184 Å². The zero-order valence-electron chi connectivity index (χ0n) is 24.8. The quantitative estimate of drug-likeness (QED) is 0.0973. The number of ether oxygens (including phenoxy) is 3. The first-order valence-corrected chi connectivity index (χ1v) is 14.4. The second-order valence-corrected chi connectivity index (χ2v) is 10.4. The molecule has 1 aliphatic heterocycles. The average molecular weight is 649 g/mol. The SMILES string of the molecule is COC(=O)Oc1ccc([N+](=O)[O-])cc1[C@@H]1CCCN1c1ncc(C(=O)NCc2ncccn2)c(NCc2ccc(OC)c(Cl)c2)n1. The number of aromatic nitrogens is 4. The summed E-state index contributed by atoms with van der Waals surface area (Å²) in [6.45, 7) is 0.835. The Bertz CT molecular complexity index is 1740. The third kappa shape index (κ3) is 7.38. The van der Waals surface area contributed by atoms with Crippen molar-refractivity contribution in [3.63, 3.8) is 0 Å². The maximum absolute atomic E-state index is 13.3. The summed E-state index contributed by atoms with van der Waals surface area (Å²) in [7, 11) is 2.69. The zero-order valence-corrected chi connectivity index (χ0v) is 25.6. The van der Waals surface area contributed by atoms with E-state index in [1.165, 1.54) is 38.6 Å². The Morgan fingerprint density at radius 2 is 1.87 bits per heavy atom. The predicted octanol–water partition coefficient (Wildman–Crippen LogP) is 4.87. The lowest BCUT2D eigenvalue weighted by Gasteiger charge is -2.27. The van der Waals surface area contributed by atoms with Crippen molar-refractivity contribution in [3.05, 3.63) is 98.7 Å². The molecule has 1 fully saturated rings. The highest BCUT2D eigenvalue weighted by Gasteiger charge is 2.33. The third-order valence-electron chi connectivity index (χ3n) is 7.16. The number of benzene rings is 2. The smallest absolute Gasteiger partial charge is 0.495 e. The number of halogens is 1. The van der Waals surface area contributed by atoms with Crippen molar-refractivity contribution in [2.24, 2.45) is 0 Å². The van der Waals surface area contributed by atoms with Crippen LogP contribution in [0.3, 0.4) is 0 Å². The van der Waals surface area contributed by atoms with Gasteiger partial charge in [-0.1, -0.05) is 17.7 Å². The van der Waals surface area contributed by atoms with Crippen molar-refractivity contribution in [3.8, 4) is 11.5 Å². The fourth-order valence-electron chi connectivity index (χ4n) is 4.96. The van der Waals surface area contributed by atoms with Crippen molar-refractivity contribution < 1.29 is 28.7 Å². The Balaban J connectivity index is 1.47. The van der Waals surface area contributed by atoms with E-state index in [1.54, 1.807) is 30.6 Å². The van der Waals surface area contributed by atoms with Crippen LogP contribution in [0.5, 0.6) is 11.5 Å². The molecule has 2 N–H and O–H groups in total. The van der Waals surface area contributed by atoms with Gasteiger partial charge in [-0.05, 0) is 42.7 Å². The van der Waals surface area contributed by atoms with Gasteiger partial charge in [-0.25, -0.2) is 19.7 Å². The average Bonchev–Trinajstić information content (AvgIpc) is 3.56. The van der Waals surface area contributed by atoms with Crippen molar-refractivity contribution in [2.45, 2.75) is 32.0 Å². The molecule has 15 nitrogen and oxygen atoms in total. The van der Waals surface area contributed by atoms with Gasteiger partial charge in [0.2, 0.25) is 5.95 Å². The van der Waals surface area contributed by atoms with E-state index in [2.05, 4.69) is 30.3 Å². The van der Waals surface area contributed by atoms with Crippen molar-refractivity contribution in [1.82, 2.24) is 25.3 Å². The highest BCUT2D eigenvalue weighted by molar-refractivity contribution is 6.32. The minimum Gasteiger partial charge on any atom is -0.495 e. The van der Waals surface area contributed by atoms with E-state index in [-0.39, 0.29) is 41.9 Å². The molecule has 1 aliphatic rings. The molecule has 0 spiro atoms.